The Labute approximate surface area is 234 Å². The zero-order valence-electron chi connectivity index (χ0n) is 25.1. The summed E-state index contributed by atoms with van der Waals surface area (Å²) in [6.45, 7) is 19.0. The van der Waals surface area contributed by atoms with Crippen LogP contribution in [0.1, 0.15) is 120 Å². The van der Waals surface area contributed by atoms with Crippen molar-refractivity contribution in [2.45, 2.75) is 109 Å². The molecule has 2 aromatic rings. The van der Waals surface area contributed by atoms with Gasteiger partial charge in [-0.15, -0.1) is 0 Å². The van der Waals surface area contributed by atoms with E-state index in [0.717, 1.165) is 31.4 Å². The second kappa shape index (κ2) is 10.3. The number of rotatable bonds is 6. The van der Waals surface area contributed by atoms with Crippen molar-refractivity contribution in [3.05, 3.63) is 58.1 Å². The summed E-state index contributed by atoms with van der Waals surface area (Å²) < 4.78 is 0. The monoisotopic (exact) mass is 533 g/mol. The molecule has 0 atom stereocenters. The SMILES string of the molecule is CC1(C)CCC(C)(C)c2c1cc1c(c2NC(=O)c2ccc(NC(=O)NCCCO)cc2)C(C)(C)CCC1(C)C. The minimum Gasteiger partial charge on any atom is -0.396 e. The molecule has 0 aromatic heterocycles. The lowest BCUT2D eigenvalue weighted by Crippen LogP contribution is -2.41. The van der Waals surface area contributed by atoms with E-state index in [2.05, 4.69) is 77.4 Å². The van der Waals surface area contributed by atoms with E-state index in [1.54, 1.807) is 24.3 Å². The van der Waals surface area contributed by atoms with E-state index in [0.29, 0.717) is 24.2 Å². The topological polar surface area (TPSA) is 90.5 Å². The summed E-state index contributed by atoms with van der Waals surface area (Å²) in [5.74, 6) is -0.136. The van der Waals surface area contributed by atoms with E-state index in [1.807, 2.05) is 0 Å². The van der Waals surface area contributed by atoms with E-state index < -0.39 is 0 Å². The van der Waals surface area contributed by atoms with Crippen LogP contribution in [0.25, 0.3) is 0 Å². The van der Waals surface area contributed by atoms with Crippen molar-refractivity contribution in [1.29, 1.82) is 0 Å². The summed E-state index contributed by atoms with van der Waals surface area (Å²) in [6, 6.07) is 9.15. The lowest BCUT2D eigenvalue weighted by Gasteiger charge is -2.49. The van der Waals surface area contributed by atoms with Crippen LogP contribution in [0.15, 0.2) is 30.3 Å². The molecule has 6 heteroatoms. The molecule has 0 spiro atoms. The van der Waals surface area contributed by atoms with E-state index in [-0.39, 0.29) is 40.2 Å². The van der Waals surface area contributed by atoms with Gasteiger partial charge in [-0.1, -0.05) is 61.5 Å². The Bertz CT molecular complexity index is 1200. The van der Waals surface area contributed by atoms with Gasteiger partial charge in [-0.05, 0) is 100 Å². The Morgan fingerprint density at radius 2 is 1.23 bits per heavy atom. The molecule has 2 aliphatic rings. The van der Waals surface area contributed by atoms with Gasteiger partial charge < -0.3 is 21.1 Å². The molecule has 4 rings (SSSR count). The smallest absolute Gasteiger partial charge is 0.319 e. The molecule has 2 aliphatic carbocycles. The summed E-state index contributed by atoms with van der Waals surface area (Å²) in [4.78, 5) is 25.9. The standard InChI is InChI=1S/C33H47N3O3/c1-30(2)14-16-32(5,6)25-23(30)20-24-26(33(7,8)17-15-31(24,3)4)27(25)36-28(38)21-10-12-22(13-11-21)35-29(39)34-18-9-19-37/h10-13,20,37H,9,14-19H2,1-8H3,(H,36,38)(H2,34,35,39). The number of anilines is 2. The predicted octanol–water partition coefficient (Wildman–Crippen LogP) is 7.14. The van der Waals surface area contributed by atoms with E-state index in [1.165, 1.54) is 22.3 Å². The van der Waals surface area contributed by atoms with Gasteiger partial charge in [0.15, 0.2) is 0 Å². The second-order valence-electron chi connectivity index (χ2n) is 14.1. The average molecular weight is 534 g/mol. The fraction of sp³-hybridized carbons (Fsp3) is 0.576. The molecule has 0 saturated heterocycles. The van der Waals surface area contributed by atoms with Gasteiger partial charge in [-0.3, -0.25) is 4.79 Å². The maximum absolute atomic E-state index is 13.8. The van der Waals surface area contributed by atoms with Crippen LogP contribution in [0.2, 0.25) is 0 Å². The van der Waals surface area contributed by atoms with Gasteiger partial charge in [0.1, 0.15) is 0 Å². The number of aliphatic hydroxyl groups is 1. The van der Waals surface area contributed by atoms with Crippen molar-refractivity contribution in [3.63, 3.8) is 0 Å². The number of hydrogen-bond donors (Lipinski definition) is 4. The third kappa shape index (κ3) is 5.72. The Kier molecular flexibility index (Phi) is 7.67. The Morgan fingerprint density at radius 3 is 1.72 bits per heavy atom. The van der Waals surface area contributed by atoms with Crippen LogP contribution in [0.4, 0.5) is 16.2 Å². The Morgan fingerprint density at radius 1 is 0.744 bits per heavy atom. The summed E-state index contributed by atoms with van der Waals surface area (Å²) >= 11 is 0. The maximum atomic E-state index is 13.8. The van der Waals surface area contributed by atoms with Gasteiger partial charge in [0.2, 0.25) is 0 Å². The zero-order chi connectivity index (χ0) is 28.8. The minimum atomic E-state index is -0.335. The minimum absolute atomic E-state index is 0.0290. The number of carbonyl (C=O) groups excluding carboxylic acids is 2. The molecule has 212 valence electrons. The number of hydrogen-bond acceptors (Lipinski definition) is 3. The Hall–Kier alpha value is -2.86. The van der Waals surface area contributed by atoms with Gasteiger partial charge in [0, 0.05) is 30.1 Å². The van der Waals surface area contributed by atoms with Gasteiger partial charge in [-0.2, -0.15) is 0 Å². The maximum Gasteiger partial charge on any atom is 0.319 e. The van der Waals surface area contributed by atoms with Crippen molar-refractivity contribution in [1.82, 2.24) is 5.32 Å². The molecule has 0 aliphatic heterocycles. The number of fused-ring (bicyclic) bond motifs is 2. The van der Waals surface area contributed by atoms with Gasteiger partial charge in [0.25, 0.3) is 5.91 Å². The highest BCUT2D eigenvalue weighted by molar-refractivity contribution is 6.06. The first-order chi connectivity index (χ1) is 18.1. The zero-order valence-corrected chi connectivity index (χ0v) is 25.1. The molecular formula is C33H47N3O3. The third-order valence-corrected chi connectivity index (χ3v) is 9.15. The van der Waals surface area contributed by atoms with E-state index in [9.17, 15) is 9.59 Å². The van der Waals surface area contributed by atoms with Crippen molar-refractivity contribution >= 4 is 23.3 Å². The van der Waals surface area contributed by atoms with Crippen molar-refractivity contribution < 1.29 is 14.7 Å². The first-order valence-electron chi connectivity index (χ1n) is 14.4. The molecule has 4 N–H and O–H groups in total. The van der Waals surface area contributed by atoms with Crippen LogP contribution in [-0.2, 0) is 21.7 Å². The molecule has 0 fully saturated rings. The molecule has 6 nitrogen and oxygen atoms in total. The molecule has 2 aromatic carbocycles. The largest absolute Gasteiger partial charge is 0.396 e. The van der Waals surface area contributed by atoms with Gasteiger partial charge in [-0.25, -0.2) is 4.79 Å². The number of urea groups is 1. The number of amides is 3. The lowest BCUT2D eigenvalue weighted by atomic mass is 9.56. The molecular weight excluding hydrogens is 486 g/mol. The molecule has 0 saturated carbocycles. The van der Waals surface area contributed by atoms with E-state index >= 15 is 0 Å². The highest BCUT2D eigenvalue weighted by Crippen LogP contribution is 2.56. The van der Waals surface area contributed by atoms with Crippen LogP contribution >= 0.6 is 0 Å². The predicted molar refractivity (Wildman–Crippen MR) is 160 cm³/mol. The molecule has 0 radical (unpaired) electrons. The van der Waals surface area contributed by atoms with Crippen LogP contribution < -0.4 is 16.0 Å². The first kappa shape index (κ1) is 29.1. The summed E-state index contributed by atoms with van der Waals surface area (Å²) in [5, 5.41) is 17.8. The number of benzene rings is 2. The molecule has 39 heavy (non-hydrogen) atoms. The summed E-state index contributed by atoms with van der Waals surface area (Å²) in [6.07, 6.45) is 4.87. The van der Waals surface area contributed by atoms with E-state index in [4.69, 9.17) is 5.11 Å². The average Bonchev–Trinajstić information content (AvgIpc) is 2.85. The van der Waals surface area contributed by atoms with Gasteiger partial charge >= 0.3 is 6.03 Å². The van der Waals surface area contributed by atoms with Crippen LogP contribution in [-0.4, -0.2) is 30.2 Å². The van der Waals surface area contributed by atoms with Crippen LogP contribution in [0.3, 0.4) is 0 Å². The molecule has 0 unspecified atom stereocenters. The number of nitrogens with one attached hydrogen (secondary N) is 3. The molecule has 3 amide bonds. The normalized spacial score (nSPS) is 19.8. The van der Waals surface area contributed by atoms with Crippen molar-refractivity contribution in [3.8, 4) is 0 Å². The fourth-order valence-electron chi connectivity index (χ4n) is 6.40. The number of aliphatic hydroxyl groups excluding tert-OH is 1. The summed E-state index contributed by atoms with van der Waals surface area (Å²) in [5.41, 5.74) is 7.41. The van der Waals surface area contributed by atoms with Crippen LogP contribution in [0.5, 0.6) is 0 Å². The number of carbonyl (C=O) groups is 2. The molecule has 0 heterocycles. The lowest BCUT2D eigenvalue weighted by molar-refractivity contribution is 0.102. The van der Waals surface area contributed by atoms with Crippen LogP contribution in [0, 0.1) is 0 Å². The third-order valence-electron chi connectivity index (χ3n) is 9.15. The van der Waals surface area contributed by atoms with Crippen molar-refractivity contribution in [2.75, 3.05) is 23.8 Å². The van der Waals surface area contributed by atoms with Crippen molar-refractivity contribution in [2.24, 2.45) is 0 Å². The highest BCUT2D eigenvalue weighted by atomic mass is 16.3. The first-order valence-corrected chi connectivity index (χ1v) is 14.4. The highest BCUT2D eigenvalue weighted by Gasteiger charge is 2.46. The quantitative estimate of drug-likeness (QED) is 0.298. The molecule has 0 bridgehead atoms. The second-order valence-corrected chi connectivity index (χ2v) is 14.1. The van der Waals surface area contributed by atoms with Gasteiger partial charge in [0.05, 0.1) is 0 Å². The Balaban J connectivity index is 1.74. The fourth-order valence-corrected chi connectivity index (χ4v) is 6.40. The summed E-state index contributed by atoms with van der Waals surface area (Å²) in [7, 11) is 0.